The zero-order valence-corrected chi connectivity index (χ0v) is 16.6. The first-order chi connectivity index (χ1) is 14.2. The highest BCUT2D eigenvalue weighted by Crippen LogP contribution is 2.25. The number of rotatable bonds is 6. The predicted molar refractivity (Wildman–Crippen MR) is 113 cm³/mol. The molecule has 3 heterocycles. The Balaban J connectivity index is 1.46. The molecule has 4 aromatic rings. The van der Waals surface area contributed by atoms with Crippen LogP contribution in [0.2, 0.25) is 0 Å². The van der Waals surface area contributed by atoms with E-state index in [9.17, 15) is 4.79 Å². The van der Waals surface area contributed by atoms with Crippen LogP contribution in [0.25, 0.3) is 0 Å². The molecule has 4 rings (SSSR count). The average molecular weight is 401 g/mol. The molecule has 1 aromatic carbocycles. The van der Waals surface area contributed by atoms with Gasteiger partial charge in [0.1, 0.15) is 10.1 Å². The minimum absolute atomic E-state index is 0.193. The highest BCUT2D eigenvalue weighted by Gasteiger charge is 2.15. The van der Waals surface area contributed by atoms with Crippen molar-refractivity contribution in [2.24, 2.45) is 0 Å². The molecule has 0 aliphatic rings. The Morgan fingerprint density at radius 3 is 2.59 bits per heavy atom. The lowest BCUT2D eigenvalue weighted by atomic mass is 10.2. The van der Waals surface area contributed by atoms with Gasteiger partial charge in [-0.1, -0.05) is 48.2 Å². The SMILES string of the molecule is Cc1c(C(=O)Nc2ccnc(Sc3ccccn3)c2)cnn1Cc1ccccc1. The normalized spacial score (nSPS) is 10.7. The number of nitrogens with one attached hydrogen (secondary N) is 1. The van der Waals surface area contributed by atoms with Crippen LogP contribution in [0.5, 0.6) is 0 Å². The summed E-state index contributed by atoms with van der Waals surface area (Å²) in [6.45, 7) is 2.53. The van der Waals surface area contributed by atoms with Crippen LogP contribution in [0, 0.1) is 6.92 Å². The molecule has 0 aliphatic heterocycles. The summed E-state index contributed by atoms with van der Waals surface area (Å²) in [4.78, 5) is 21.4. The second kappa shape index (κ2) is 8.70. The highest BCUT2D eigenvalue weighted by molar-refractivity contribution is 7.99. The van der Waals surface area contributed by atoms with E-state index in [2.05, 4.69) is 20.4 Å². The fourth-order valence-corrected chi connectivity index (χ4v) is 3.62. The Morgan fingerprint density at radius 1 is 1.00 bits per heavy atom. The molecule has 0 bridgehead atoms. The van der Waals surface area contributed by atoms with Crippen molar-refractivity contribution in [3.8, 4) is 0 Å². The maximum atomic E-state index is 12.8. The lowest BCUT2D eigenvalue weighted by molar-refractivity contribution is 0.102. The Morgan fingerprint density at radius 2 is 1.79 bits per heavy atom. The van der Waals surface area contributed by atoms with Crippen molar-refractivity contribution in [3.63, 3.8) is 0 Å². The van der Waals surface area contributed by atoms with Gasteiger partial charge >= 0.3 is 0 Å². The summed E-state index contributed by atoms with van der Waals surface area (Å²) in [5, 5.41) is 8.93. The summed E-state index contributed by atoms with van der Waals surface area (Å²) in [7, 11) is 0. The lowest BCUT2D eigenvalue weighted by Crippen LogP contribution is -2.13. The van der Waals surface area contributed by atoms with Crippen LogP contribution in [-0.4, -0.2) is 25.7 Å². The van der Waals surface area contributed by atoms with Crippen molar-refractivity contribution >= 4 is 23.4 Å². The molecule has 0 saturated carbocycles. The monoisotopic (exact) mass is 401 g/mol. The molecule has 1 amide bonds. The van der Waals surface area contributed by atoms with Crippen LogP contribution in [0.15, 0.2) is 89.3 Å². The molecule has 0 aliphatic carbocycles. The number of anilines is 1. The van der Waals surface area contributed by atoms with Gasteiger partial charge in [-0.3, -0.25) is 9.48 Å². The van der Waals surface area contributed by atoms with Gasteiger partial charge in [0.2, 0.25) is 0 Å². The molecule has 0 atom stereocenters. The van der Waals surface area contributed by atoms with Crippen molar-refractivity contribution in [1.29, 1.82) is 0 Å². The largest absolute Gasteiger partial charge is 0.322 e. The van der Waals surface area contributed by atoms with E-state index in [4.69, 9.17) is 0 Å². The molecule has 3 aromatic heterocycles. The van der Waals surface area contributed by atoms with Crippen LogP contribution in [0.4, 0.5) is 5.69 Å². The molecular weight excluding hydrogens is 382 g/mol. The summed E-state index contributed by atoms with van der Waals surface area (Å²) in [5.41, 5.74) is 3.19. The van der Waals surface area contributed by atoms with E-state index in [0.29, 0.717) is 17.8 Å². The fraction of sp³-hybridized carbons (Fsp3) is 0.0909. The van der Waals surface area contributed by atoms with E-state index in [1.54, 1.807) is 24.7 Å². The van der Waals surface area contributed by atoms with Gasteiger partial charge in [-0.2, -0.15) is 5.10 Å². The van der Waals surface area contributed by atoms with Crippen LogP contribution in [-0.2, 0) is 6.54 Å². The first-order valence-electron chi connectivity index (χ1n) is 9.11. The number of aromatic nitrogens is 4. The first-order valence-corrected chi connectivity index (χ1v) is 9.93. The Hall–Kier alpha value is -3.45. The number of nitrogens with zero attached hydrogens (tertiary/aromatic N) is 4. The second-order valence-electron chi connectivity index (χ2n) is 6.39. The quantitative estimate of drug-likeness (QED) is 0.517. The van der Waals surface area contributed by atoms with E-state index >= 15 is 0 Å². The number of pyridine rings is 2. The zero-order valence-electron chi connectivity index (χ0n) is 15.8. The first kappa shape index (κ1) is 18.9. The third-order valence-corrected chi connectivity index (χ3v) is 5.25. The maximum Gasteiger partial charge on any atom is 0.259 e. The van der Waals surface area contributed by atoms with Gasteiger partial charge in [-0.15, -0.1) is 0 Å². The molecule has 1 N–H and O–H groups in total. The third-order valence-electron chi connectivity index (χ3n) is 4.36. The van der Waals surface area contributed by atoms with Crippen molar-refractivity contribution in [2.75, 3.05) is 5.32 Å². The van der Waals surface area contributed by atoms with Gasteiger partial charge in [0, 0.05) is 23.8 Å². The van der Waals surface area contributed by atoms with Crippen molar-refractivity contribution in [1.82, 2.24) is 19.7 Å². The summed E-state index contributed by atoms with van der Waals surface area (Å²) in [6, 6.07) is 19.4. The van der Waals surface area contributed by atoms with Crippen LogP contribution < -0.4 is 5.32 Å². The van der Waals surface area contributed by atoms with Crippen molar-refractivity contribution in [2.45, 2.75) is 23.5 Å². The van der Waals surface area contributed by atoms with E-state index in [0.717, 1.165) is 21.3 Å². The molecule has 0 fully saturated rings. The Bertz CT molecular complexity index is 1110. The molecular formula is C22H19N5OS. The number of amides is 1. The van der Waals surface area contributed by atoms with Gasteiger partial charge in [-0.05, 0) is 36.8 Å². The van der Waals surface area contributed by atoms with Gasteiger partial charge in [-0.25, -0.2) is 9.97 Å². The number of hydrogen-bond acceptors (Lipinski definition) is 5. The highest BCUT2D eigenvalue weighted by atomic mass is 32.2. The second-order valence-corrected chi connectivity index (χ2v) is 7.43. The fourth-order valence-electron chi connectivity index (χ4n) is 2.84. The molecule has 7 heteroatoms. The predicted octanol–water partition coefficient (Wildman–Crippen LogP) is 4.43. The average Bonchev–Trinajstić information content (AvgIpc) is 3.10. The molecule has 0 saturated heterocycles. The number of hydrogen-bond donors (Lipinski definition) is 1. The lowest BCUT2D eigenvalue weighted by Gasteiger charge is -2.08. The van der Waals surface area contributed by atoms with Gasteiger partial charge in [0.05, 0.1) is 18.3 Å². The molecule has 0 spiro atoms. The van der Waals surface area contributed by atoms with Gasteiger partial charge in [0.25, 0.3) is 5.91 Å². The van der Waals surface area contributed by atoms with E-state index in [1.165, 1.54) is 11.8 Å². The number of carbonyl (C=O) groups is 1. The minimum atomic E-state index is -0.193. The van der Waals surface area contributed by atoms with Gasteiger partial charge in [0.15, 0.2) is 0 Å². The number of benzene rings is 1. The standard InChI is InChI=1S/C22H19N5OS/c1-16-19(14-25-27(16)15-17-7-3-2-4-8-17)22(28)26-18-10-12-24-21(13-18)29-20-9-5-6-11-23-20/h2-14H,15H2,1H3,(H,24,26,28). The molecule has 29 heavy (non-hydrogen) atoms. The third kappa shape index (κ3) is 4.70. The van der Waals surface area contributed by atoms with Gasteiger partial charge < -0.3 is 5.32 Å². The van der Waals surface area contributed by atoms with Crippen LogP contribution >= 0.6 is 11.8 Å². The summed E-state index contributed by atoms with van der Waals surface area (Å²) >= 11 is 1.44. The molecule has 6 nitrogen and oxygen atoms in total. The van der Waals surface area contributed by atoms with Crippen molar-refractivity contribution in [3.05, 3.63) is 96.1 Å². The van der Waals surface area contributed by atoms with Crippen LogP contribution in [0.3, 0.4) is 0 Å². The van der Waals surface area contributed by atoms with Crippen molar-refractivity contribution < 1.29 is 4.79 Å². The summed E-state index contributed by atoms with van der Waals surface area (Å²) in [5.74, 6) is -0.193. The smallest absolute Gasteiger partial charge is 0.259 e. The maximum absolute atomic E-state index is 12.8. The van der Waals surface area contributed by atoms with E-state index < -0.39 is 0 Å². The Labute approximate surface area is 173 Å². The van der Waals surface area contributed by atoms with E-state index in [-0.39, 0.29) is 5.91 Å². The molecule has 0 radical (unpaired) electrons. The molecule has 144 valence electrons. The summed E-state index contributed by atoms with van der Waals surface area (Å²) < 4.78 is 1.83. The minimum Gasteiger partial charge on any atom is -0.322 e. The number of carbonyl (C=O) groups excluding carboxylic acids is 1. The zero-order chi connectivity index (χ0) is 20.1. The van der Waals surface area contributed by atoms with E-state index in [1.807, 2.05) is 66.2 Å². The summed E-state index contributed by atoms with van der Waals surface area (Å²) in [6.07, 6.45) is 5.02. The topological polar surface area (TPSA) is 72.7 Å². The Kier molecular flexibility index (Phi) is 5.67. The van der Waals surface area contributed by atoms with Crippen LogP contribution in [0.1, 0.15) is 21.6 Å². The molecule has 0 unspecified atom stereocenters.